The Labute approximate surface area is 134 Å². The van der Waals surface area contributed by atoms with Gasteiger partial charge in [0.1, 0.15) is 0 Å². The van der Waals surface area contributed by atoms with Gasteiger partial charge in [0.15, 0.2) is 0 Å². The number of nitrogen functional groups attached to an aromatic ring is 1. The van der Waals surface area contributed by atoms with Crippen LogP contribution in [0.5, 0.6) is 0 Å². The summed E-state index contributed by atoms with van der Waals surface area (Å²) in [6, 6.07) is 7.22. The van der Waals surface area contributed by atoms with E-state index >= 15 is 0 Å². The third kappa shape index (κ3) is 4.71. The van der Waals surface area contributed by atoms with E-state index < -0.39 is 10.0 Å². The van der Waals surface area contributed by atoms with Crippen LogP contribution in [0.2, 0.25) is 0 Å². The summed E-state index contributed by atoms with van der Waals surface area (Å²) in [5.74, 6) is 0.682. The maximum Gasteiger partial charge on any atom is 0.212 e. The van der Waals surface area contributed by atoms with Crippen molar-refractivity contribution < 1.29 is 8.42 Å². The molecule has 0 heterocycles. The minimum absolute atomic E-state index is 0.144. The van der Waals surface area contributed by atoms with Crippen molar-refractivity contribution in [3.63, 3.8) is 0 Å². The first-order chi connectivity index (χ1) is 10.4. The maximum atomic E-state index is 12.5. The predicted molar refractivity (Wildman–Crippen MR) is 91.9 cm³/mol. The first-order valence-corrected chi connectivity index (χ1v) is 9.88. The lowest BCUT2D eigenvalue weighted by atomic mass is 9.91. The molecule has 1 aromatic carbocycles. The van der Waals surface area contributed by atoms with Gasteiger partial charge in [0.2, 0.25) is 10.0 Å². The zero-order chi connectivity index (χ0) is 16.2. The van der Waals surface area contributed by atoms with Crippen LogP contribution in [-0.2, 0) is 10.0 Å². The molecule has 1 aliphatic rings. The van der Waals surface area contributed by atoms with Crippen molar-refractivity contribution in [2.45, 2.75) is 52.0 Å². The highest BCUT2D eigenvalue weighted by molar-refractivity contribution is 7.89. The molecule has 0 radical (unpaired) electrons. The number of para-hydroxylation sites is 1. The first-order valence-electron chi connectivity index (χ1n) is 8.23. The van der Waals surface area contributed by atoms with Crippen LogP contribution in [0.1, 0.15) is 57.6 Å². The van der Waals surface area contributed by atoms with Crippen molar-refractivity contribution >= 4 is 15.7 Å². The summed E-state index contributed by atoms with van der Waals surface area (Å²) in [6.45, 7) is 4.03. The molecule has 1 fully saturated rings. The molecule has 1 saturated carbocycles. The summed E-state index contributed by atoms with van der Waals surface area (Å²) < 4.78 is 28.0. The summed E-state index contributed by atoms with van der Waals surface area (Å²) in [5.41, 5.74) is 7.53. The highest BCUT2D eigenvalue weighted by Crippen LogP contribution is 2.29. The molecule has 0 saturated heterocycles. The molecule has 5 heteroatoms. The molecule has 0 aromatic heterocycles. The summed E-state index contributed by atoms with van der Waals surface area (Å²) in [5, 5.41) is 0. The molecule has 2 rings (SSSR count). The van der Waals surface area contributed by atoms with Crippen molar-refractivity contribution in [1.29, 1.82) is 0 Å². The summed E-state index contributed by atoms with van der Waals surface area (Å²) >= 11 is 0. The Morgan fingerprint density at radius 3 is 2.41 bits per heavy atom. The minimum atomic E-state index is -3.30. The molecular weight excluding hydrogens is 296 g/mol. The van der Waals surface area contributed by atoms with Crippen LogP contribution in [0.4, 0.5) is 5.69 Å². The Bertz CT molecular complexity index is 578. The third-order valence-corrected chi connectivity index (χ3v) is 6.01. The molecule has 124 valence electrons. The van der Waals surface area contributed by atoms with E-state index in [0.717, 1.165) is 31.2 Å². The zero-order valence-corrected chi connectivity index (χ0v) is 14.4. The Hall–Kier alpha value is -1.07. The topological polar surface area (TPSA) is 72.2 Å². The monoisotopic (exact) mass is 324 g/mol. The van der Waals surface area contributed by atoms with E-state index in [2.05, 4.69) is 4.72 Å². The number of hydrogen-bond acceptors (Lipinski definition) is 3. The van der Waals surface area contributed by atoms with E-state index in [1.807, 2.05) is 38.1 Å². The molecule has 4 nitrogen and oxygen atoms in total. The second-order valence-corrected chi connectivity index (χ2v) is 8.55. The smallest absolute Gasteiger partial charge is 0.212 e. The average molecular weight is 324 g/mol. The Morgan fingerprint density at radius 1 is 1.18 bits per heavy atom. The van der Waals surface area contributed by atoms with Crippen molar-refractivity contribution in [2.24, 2.45) is 11.8 Å². The van der Waals surface area contributed by atoms with Crippen LogP contribution in [0, 0.1) is 11.8 Å². The lowest BCUT2D eigenvalue weighted by molar-refractivity contribution is 0.381. The van der Waals surface area contributed by atoms with Crippen LogP contribution in [-0.4, -0.2) is 14.2 Å². The van der Waals surface area contributed by atoms with Gasteiger partial charge in [0.05, 0.1) is 11.8 Å². The van der Waals surface area contributed by atoms with Gasteiger partial charge in [-0.05, 0) is 36.3 Å². The van der Waals surface area contributed by atoms with Crippen LogP contribution in [0.15, 0.2) is 24.3 Å². The Morgan fingerprint density at radius 2 is 1.82 bits per heavy atom. The Kier molecular flexibility index (Phi) is 5.87. The van der Waals surface area contributed by atoms with Gasteiger partial charge in [0, 0.05) is 5.69 Å². The number of benzene rings is 1. The number of nitrogens with two attached hydrogens (primary N) is 1. The first kappa shape index (κ1) is 17.3. The highest BCUT2D eigenvalue weighted by Gasteiger charge is 2.27. The lowest BCUT2D eigenvalue weighted by Crippen LogP contribution is -2.36. The van der Waals surface area contributed by atoms with Crippen LogP contribution < -0.4 is 10.5 Å². The van der Waals surface area contributed by atoms with Crippen LogP contribution in [0.25, 0.3) is 0 Å². The number of nitrogens with one attached hydrogen (secondary N) is 1. The molecule has 1 atom stereocenters. The van der Waals surface area contributed by atoms with E-state index in [1.54, 1.807) is 0 Å². The SMILES string of the molecule is CC(C)[C@@H](NS(=O)(=O)CC1CCCCC1)c1ccccc1N. The van der Waals surface area contributed by atoms with E-state index in [1.165, 1.54) is 6.42 Å². The van der Waals surface area contributed by atoms with Gasteiger partial charge in [0.25, 0.3) is 0 Å². The van der Waals surface area contributed by atoms with Crippen LogP contribution in [0.3, 0.4) is 0 Å². The number of hydrogen-bond donors (Lipinski definition) is 2. The van der Waals surface area contributed by atoms with Gasteiger partial charge < -0.3 is 5.73 Å². The fourth-order valence-corrected chi connectivity index (χ4v) is 5.09. The van der Waals surface area contributed by atoms with Crippen molar-refractivity contribution in [3.8, 4) is 0 Å². The summed E-state index contributed by atoms with van der Waals surface area (Å²) in [6.07, 6.45) is 5.60. The summed E-state index contributed by atoms with van der Waals surface area (Å²) in [7, 11) is -3.30. The molecule has 0 bridgehead atoms. The van der Waals surface area contributed by atoms with E-state index in [-0.39, 0.29) is 17.7 Å². The average Bonchev–Trinajstić information content (AvgIpc) is 2.46. The quantitative estimate of drug-likeness (QED) is 0.787. The molecule has 1 aliphatic carbocycles. The lowest BCUT2D eigenvalue weighted by Gasteiger charge is -2.26. The second kappa shape index (κ2) is 7.47. The second-order valence-electron chi connectivity index (χ2n) is 6.75. The molecule has 0 spiro atoms. The molecule has 1 aromatic rings. The third-order valence-electron chi connectivity index (χ3n) is 4.48. The Balaban J connectivity index is 2.11. The number of anilines is 1. The van der Waals surface area contributed by atoms with E-state index in [9.17, 15) is 8.42 Å². The minimum Gasteiger partial charge on any atom is -0.398 e. The number of rotatable bonds is 6. The molecule has 0 unspecified atom stereocenters. The van der Waals surface area contributed by atoms with Gasteiger partial charge >= 0.3 is 0 Å². The van der Waals surface area contributed by atoms with Crippen molar-refractivity contribution in [3.05, 3.63) is 29.8 Å². The predicted octanol–water partition coefficient (Wildman–Crippen LogP) is 3.47. The van der Waals surface area contributed by atoms with E-state index in [4.69, 9.17) is 5.73 Å². The van der Waals surface area contributed by atoms with Gasteiger partial charge in [-0.25, -0.2) is 13.1 Å². The molecule has 22 heavy (non-hydrogen) atoms. The van der Waals surface area contributed by atoms with Gasteiger partial charge in [-0.2, -0.15) is 0 Å². The number of sulfonamides is 1. The fourth-order valence-electron chi connectivity index (χ4n) is 3.26. The zero-order valence-electron chi connectivity index (χ0n) is 13.6. The van der Waals surface area contributed by atoms with Crippen molar-refractivity contribution in [2.75, 3.05) is 11.5 Å². The van der Waals surface area contributed by atoms with Gasteiger partial charge in [-0.3, -0.25) is 0 Å². The summed E-state index contributed by atoms with van der Waals surface area (Å²) in [4.78, 5) is 0. The molecule has 0 aliphatic heterocycles. The van der Waals surface area contributed by atoms with Crippen molar-refractivity contribution in [1.82, 2.24) is 4.72 Å². The van der Waals surface area contributed by atoms with Crippen LogP contribution >= 0.6 is 0 Å². The highest BCUT2D eigenvalue weighted by atomic mass is 32.2. The standard InChI is InChI=1S/C17H28N2O2S/c1-13(2)17(15-10-6-7-11-16(15)18)19-22(20,21)12-14-8-4-3-5-9-14/h6-7,10-11,13-14,17,19H,3-5,8-9,12,18H2,1-2H3/t17-/m1/s1. The molecule has 3 N–H and O–H groups in total. The largest absolute Gasteiger partial charge is 0.398 e. The normalized spacial score (nSPS) is 18.5. The van der Waals surface area contributed by atoms with E-state index in [0.29, 0.717) is 11.6 Å². The van der Waals surface area contributed by atoms with Gasteiger partial charge in [-0.15, -0.1) is 0 Å². The molecule has 0 amide bonds. The fraction of sp³-hybridized carbons (Fsp3) is 0.647. The van der Waals surface area contributed by atoms with Gasteiger partial charge in [-0.1, -0.05) is 51.3 Å². The molecular formula is C17H28N2O2S. The maximum absolute atomic E-state index is 12.5.